The predicted molar refractivity (Wildman–Crippen MR) is 37.1 cm³/mol. The van der Waals surface area contributed by atoms with E-state index in [-0.39, 0.29) is 5.76 Å². The van der Waals surface area contributed by atoms with E-state index in [1.54, 1.807) is 18.2 Å². The van der Waals surface area contributed by atoms with Crippen molar-refractivity contribution in [3.8, 4) is 0 Å². The number of carbonyl (C=O) groups is 1. The first-order valence-electron chi connectivity index (χ1n) is 2.97. The molecule has 1 amide bonds. The monoisotopic (exact) mass is 153 g/mol. The standard InChI is InChI=1S/C7H7NO3/c8-7(9)6-4-2-1-3-5-10-11-6/h1-5H,(H2,8,9). The lowest BCUT2D eigenvalue weighted by atomic mass is 10.4. The van der Waals surface area contributed by atoms with Gasteiger partial charge in [-0.05, 0) is 12.1 Å². The van der Waals surface area contributed by atoms with Gasteiger partial charge in [0.1, 0.15) is 6.26 Å². The van der Waals surface area contributed by atoms with E-state index in [0.717, 1.165) is 0 Å². The van der Waals surface area contributed by atoms with Gasteiger partial charge >= 0.3 is 0 Å². The average molecular weight is 153 g/mol. The van der Waals surface area contributed by atoms with Crippen molar-refractivity contribution in [2.24, 2.45) is 5.73 Å². The zero-order chi connectivity index (χ0) is 8.10. The lowest BCUT2D eigenvalue weighted by Gasteiger charge is -1.86. The molecular formula is C7H7NO3. The Kier molecular flexibility index (Phi) is 2.32. The van der Waals surface area contributed by atoms with Crippen molar-refractivity contribution in [2.75, 3.05) is 0 Å². The Balaban J connectivity index is 3.12. The maximum Gasteiger partial charge on any atom is 0.289 e. The molecule has 4 nitrogen and oxygen atoms in total. The van der Waals surface area contributed by atoms with Crippen LogP contribution in [0.2, 0.25) is 0 Å². The SMILES string of the molecule is NC(=O)c1cccccoo1. The predicted octanol–water partition coefficient (Wildman–Crippen LogP) is 1.10. The number of amides is 1. The molecule has 1 aromatic rings. The van der Waals surface area contributed by atoms with Gasteiger partial charge in [-0.25, -0.2) is 0 Å². The van der Waals surface area contributed by atoms with E-state index >= 15 is 0 Å². The third-order valence-corrected chi connectivity index (χ3v) is 0.985. The molecule has 0 atom stereocenters. The summed E-state index contributed by atoms with van der Waals surface area (Å²) in [5.41, 5.74) is 4.92. The quantitative estimate of drug-likeness (QED) is 0.614. The third kappa shape index (κ3) is 2.17. The summed E-state index contributed by atoms with van der Waals surface area (Å²) in [6.07, 6.45) is 1.30. The highest BCUT2D eigenvalue weighted by Crippen LogP contribution is 1.93. The van der Waals surface area contributed by atoms with E-state index in [0.29, 0.717) is 0 Å². The zero-order valence-electron chi connectivity index (χ0n) is 5.69. The minimum absolute atomic E-state index is 0.0226. The number of primary amides is 1. The Hall–Kier alpha value is -1.71. The molecule has 1 aromatic heterocycles. The summed E-state index contributed by atoms with van der Waals surface area (Å²) < 4.78 is 8.94. The van der Waals surface area contributed by atoms with Crippen LogP contribution in [0.4, 0.5) is 0 Å². The molecule has 0 bridgehead atoms. The molecule has 2 N–H and O–H groups in total. The number of nitrogens with two attached hydrogens (primary N) is 1. The molecule has 0 fully saturated rings. The molecule has 0 radical (unpaired) electrons. The molecule has 0 saturated carbocycles. The smallest absolute Gasteiger partial charge is 0.289 e. The minimum atomic E-state index is -0.662. The third-order valence-electron chi connectivity index (χ3n) is 0.985. The highest BCUT2D eigenvalue weighted by atomic mass is 17.0. The summed E-state index contributed by atoms with van der Waals surface area (Å²) >= 11 is 0. The number of carbonyl (C=O) groups excluding carboxylic acids is 1. The molecule has 58 valence electrons. The molecule has 11 heavy (non-hydrogen) atoms. The first-order chi connectivity index (χ1) is 5.30. The summed E-state index contributed by atoms with van der Waals surface area (Å²) in [6.45, 7) is 0. The molecule has 0 unspecified atom stereocenters. The van der Waals surface area contributed by atoms with Gasteiger partial charge in [0.15, 0.2) is 0 Å². The van der Waals surface area contributed by atoms with Crippen molar-refractivity contribution >= 4 is 5.91 Å². The van der Waals surface area contributed by atoms with E-state index in [2.05, 4.69) is 9.15 Å². The van der Waals surface area contributed by atoms with Crippen molar-refractivity contribution in [1.29, 1.82) is 0 Å². The molecule has 0 aromatic carbocycles. The lowest BCUT2D eigenvalue weighted by Crippen LogP contribution is -2.09. The highest BCUT2D eigenvalue weighted by Gasteiger charge is 1.99. The number of hydrogen-bond donors (Lipinski definition) is 1. The van der Waals surface area contributed by atoms with Crippen molar-refractivity contribution < 1.29 is 13.9 Å². The van der Waals surface area contributed by atoms with Crippen molar-refractivity contribution in [3.63, 3.8) is 0 Å². The van der Waals surface area contributed by atoms with Gasteiger partial charge in [0.25, 0.3) is 5.91 Å². The minimum Gasteiger partial charge on any atom is -0.363 e. The van der Waals surface area contributed by atoms with Crippen LogP contribution in [0, 0.1) is 0 Å². The first-order valence-corrected chi connectivity index (χ1v) is 2.97. The van der Waals surface area contributed by atoms with Gasteiger partial charge in [-0.1, -0.05) is 12.1 Å². The van der Waals surface area contributed by atoms with E-state index in [1.165, 1.54) is 12.3 Å². The second-order valence-corrected chi connectivity index (χ2v) is 1.79. The van der Waals surface area contributed by atoms with Crippen LogP contribution in [0.15, 0.2) is 39.7 Å². The van der Waals surface area contributed by atoms with Crippen LogP contribution < -0.4 is 5.73 Å². The van der Waals surface area contributed by atoms with Crippen LogP contribution in [-0.4, -0.2) is 5.91 Å². The van der Waals surface area contributed by atoms with Gasteiger partial charge < -0.3 is 5.73 Å². The van der Waals surface area contributed by atoms with Crippen LogP contribution in [0.25, 0.3) is 0 Å². The van der Waals surface area contributed by atoms with Gasteiger partial charge in [-0.3, -0.25) is 13.9 Å². The molecule has 1 rings (SSSR count). The fraction of sp³-hybridized carbons (Fsp3) is 0. The molecule has 0 saturated heterocycles. The average Bonchev–Trinajstić information content (AvgIpc) is 1.84. The number of hydrogen-bond acceptors (Lipinski definition) is 3. The normalized spacial score (nSPS) is 8.73. The Labute approximate surface area is 62.9 Å². The van der Waals surface area contributed by atoms with Gasteiger partial charge in [0, 0.05) is 0 Å². The van der Waals surface area contributed by atoms with Crippen LogP contribution in [-0.2, 0) is 0 Å². The van der Waals surface area contributed by atoms with Gasteiger partial charge in [-0.2, -0.15) is 0 Å². The lowest BCUT2D eigenvalue weighted by molar-refractivity contribution is 0.0338. The fourth-order valence-corrected chi connectivity index (χ4v) is 0.515. The summed E-state index contributed by atoms with van der Waals surface area (Å²) in [5.74, 6) is -0.685. The van der Waals surface area contributed by atoms with E-state index in [4.69, 9.17) is 5.73 Å². The van der Waals surface area contributed by atoms with E-state index < -0.39 is 5.91 Å². The van der Waals surface area contributed by atoms with Gasteiger partial charge in [0.05, 0.1) is 0 Å². The maximum absolute atomic E-state index is 10.5. The molecule has 1 heterocycles. The highest BCUT2D eigenvalue weighted by molar-refractivity contribution is 5.89. The van der Waals surface area contributed by atoms with Crippen LogP contribution in [0.1, 0.15) is 10.6 Å². The van der Waals surface area contributed by atoms with E-state index in [1.807, 2.05) is 0 Å². The Bertz CT molecular complexity index is 266. The largest absolute Gasteiger partial charge is 0.363 e. The van der Waals surface area contributed by atoms with Gasteiger partial charge in [0.2, 0.25) is 5.76 Å². The molecular weight excluding hydrogens is 146 g/mol. The second kappa shape index (κ2) is 3.46. The number of rotatable bonds is 1. The molecule has 0 aliphatic carbocycles. The summed E-state index contributed by atoms with van der Waals surface area (Å²) in [5, 5.41) is 0. The maximum atomic E-state index is 10.5. The van der Waals surface area contributed by atoms with Crippen molar-refractivity contribution in [2.45, 2.75) is 0 Å². The van der Waals surface area contributed by atoms with E-state index in [9.17, 15) is 4.79 Å². The fourth-order valence-electron chi connectivity index (χ4n) is 0.515. The van der Waals surface area contributed by atoms with Crippen LogP contribution in [0.3, 0.4) is 0 Å². The van der Waals surface area contributed by atoms with Crippen LogP contribution >= 0.6 is 0 Å². The van der Waals surface area contributed by atoms with Crippen molar-refractivity contribution in [3.05, 3.63) is 36.3 Å². The zero-order valence-corrected chi connectivity index (χ0v) is 5.69. The Morgan fingerprint density at radius 1 is 1.36 bits per heavy atom. The topological polar surface area (TPSA) is 69.4 Å². The molecule has 0 aliphatic rings. The summed E-state index contributed by atoms with van der Waals surface area (Å²) in [6, 6.07) is 6.35. The molecule has 4 heteroatoms. The Morgan fingerprint density at radius 3 is 2.91 bits per heavy atom. The Morgan fingerprint density at radius 2 is 2.18 bits per heavy atom. The second-order valence-electron chi connectivity index (χ2n) is 1.79. The van der Waals surface area contributed by atoms with Crippen LogP contribution in [0.5, 0.6) is 0 Å². The molecule has 0 aliphatic heterocycles. The van der Waals surface area contributed by atoms with Gasteiger partial charge in [-0.15, -0.1) is 0 Å². The molecule has 0 spiro atoms. The first kappa shape index (κ1) is 7.40. The summed E-state index contributed by atoms with van der Waals surface area (Å²) in [7, 11) is 0. The summed E-state index contributed by atoms with van der Waals surface area (Å²) in [4.78, 5) is 10.5. The van der Waals surface area contributed by atoms with Crippen molar-refractivity contribution in [1.82, 2.24) is 0 Å².